The highest BCUT2D eigenvalue weighted by atomic mass is 35.5. The van der Waals surface area contributed by atoms with E-state index in [4.69, 9.17) is 28.9 Å². The Morgan fingerprint density at radius 1 is 0.880 bits per heavy atom. The van der Waals surface area contributed by atoms with Crippen LogP contribution in [0.2, 0.25) is 10.0 Å². The number of nitrogens with two attached hydrogens (primary N) is 1. The molecule has 1 heterocycles. The molecule has 9 heteroatoms. The van der Waals surface area contributed by atoms with Gasteiger partial charge >= 0.3 is 0 Å². The van der Waals surface area contributed by atoms with E-state index in [2.05, 4.69) is 20.6 Å². The maximum Gasteiger partial charge on any atom is 0.159 e. The minimum atomic E-state index is -0.769. The normalized spacial score (nSPS) is 10.6. The van der Waals surface area contributed by atoms with E-state index in [0.29, 0.717) is 15.7 Å². The summed E-state index contributed by atoms with van der Waals surface area (Å²) in [6.45, 7) is 0. The lowest BCUT2D eigenvalue weighted by atomic mass is 10.3. The highest BCUT2D eigenvalue weighted by Gasteiger charge is 2.12. The molecular formula is C16H11Cl2F2N5. The molecule has 5 nitrogen and oxygen atoms in total. The molecule has 0 bridgehead atoms. The van der Waals surface area contributed by atoms with Crippen molar-refractivity contribution in [2.75, 3.05) is 16.4 Å². The first-order valence-corrected chi connectivity index (χ1v) is 7.73. The Balaban J connectivity index is 1.89. The second kappa shape index (κ2) is 7.08. The van der Waals surface area contributed by atoms with E-state index in [1.165, 1.54) is 12.4 Å². The van der Waals surface area contributed by atoms with Crippen LogP contribution in [0, 0.1) is 11.6 Å². The minimum Gasteiger partial charge on any atom is -0.393 e. The van der Waals surface area contributed by atoms with Gasteiger partial charge in [0.2, 0.25) is 0 Å². The summed E-state index contributed by atoms with van der Waals surface area (Å²) in [5.74, 6) is -1.01. The molecule has 0 spiro atoms. The molecule has 0 unspecified atom stereocenters. The van der Waals surface area contributed by atoms with E-state index in [1.54, 1.807) is 18.2 Å². The van der Waals surface area contributed by atoms with E-state index in [1.807, 2.05) is 0 Å². The second-order valence-electron chi connectivity index (χ2n) is 5.02. The summed E-state index contributed by atoms with van der Waals surface area (Å²) < 4.78 is 26.8. The van der Waals surface area contributed by atoms with E-state index in [9.17, 15) is 8.78 Å². The van der Waals surface area contributed by atoms with Crippen molar-refractivity contribution in [3.8, 4) is 0 Å². The number of nitrogen functional groups attached to an aromatic ring is 1. The first-order valence-electron chi connectivity index (χ1n) is 6.98. The number of rotatable bonds is 4. The second-order valence-corrected chi connectivity index (χ2v) is 5.89. The van der Waals surface area contributed by atoms with Crippen molar-refractivity contribution in [2.45, 2.75) is 0 Å². The number of aromatic nitrogens is 2. The van der Waals surface area contributed by atoms with Crippen LogP contribution in [0.3, 0.4) is 0 Å². The van der Waals surface area contributed by atoms with Gasteiger partial charge in [-0.2, -0.15) is 0 Å². The predicted octanol–water partition coefficient (Wildman–Crippen LogP) is 5.13. The summed E-state index contributed by atoms with van der Waals surface area (Å²) in [4.78, 5) is 8.02. The standard InChI is InChI=1S/C16H11Cl2F2N5/c17-8-3-9(18)5-11(4-8)24-15-14(21)16(23-7-22-15)25-13-2-1-10(19)6-12(13)20/h1-7H,21H2,(H2,22,23,24,25). The largest absolute Gasteiger partial charge is 0.393 e. The molecule has 0 saturated heterocycles. The first-order chi connectivity index (χ1) is 11.9. The molecule has 0 radical (unpaired) electrons. The van der Waals surface area contributed by atoms with Crippen molar-refractivity contribution in [3.05, 3.63) is 64.4 Å². The van der Waals surface area contributed by atoms with Crippen LogP contribution >= 0.6 is 23.2 Å². The highest BCUT2D eigenvalue weighted by molar-refractivity contribution is 6.35. The third kappa shape index (κ3) is 4.07. The van der Waals surface area contributed by atoms with Gasteiger partial charge in [-0.05, 0) is 30.3 Å². The molecule has 0 atom stereocenters. The number of hydrogen-bond acceptors (Lipinski definition) is 5. The quantitative estimate of drug-likeness (QED) is 0.583. The molecule has 0 aliphatic carbocycles. The Bertz CT molecular complexity index is 916. The van der Waals surface area contributed by atoms with Gasteiger partial charge in [0.25, 0.3) is 0 Å². The van der Waals surface area contributed by atoms with Crippen LogP contribution in [0.5, 0.6) is 0 Å². The van der Waals surface area contributed by atoms with Crippen LogP contribution in [-0.2, 0) is 0 Å². The fourth-order valence-corrected chi connectivity index (χ4v) is 2.60. The Kier molecular flexibility index (Phi) is 4.87. The Labute approximate surface area is 151 Å². The molecule has 3 rings (SSSR count). The summed E-state index contributed by atoms with van der Waals surface area (Å²) in [7, 11) is 0. The Morgan fingerprint density at radius 2 is 1.52 bits per heavy atom. The average molecular weight is 382 g/mol. The van der Waals surface area contributed by atoms with Gasteiger partial charge in [-0.15, -0.1) is 0 Å². The summed E-state index contributed by atoms with van der Waals surface area (Å²) in [6.07, 6.45) is 1.24. The Hall–Kier alpha value is -2.64. The van der Waals surface area contributed by atoms with Crippen LogP contribution in [0.1, 0.15) is 0 Å². The monoisotopic (exact) mass is 381 g/mol. The van der Waals surface area contributed by atoms with E-state index in [0.717, 1.165) is 12.1 Å². The van der Waals surface area contributed by atoms with Gasteiger partial charge in [-0.1, -0.05) is 23.2 Å². The third-order valence-corrected chi connectivity index (χ3v) is 3.63. The third-order valence-electron chi connectivity index (χ3n) is 3.19. The number of halogens is 4. The SMILES string of the molecule is Nc1c(Nc2cc(Cl)cc(Cl)c2)ncnc1Nc1ccc(F)cc1F. The highest BCUT2D eigenvalue weighted by Crippen LogP contribution is 2.31. The lowest BCUT2D eigenvalue weighted by molar-refractivity contribution is 0.586. The number of nitrogens with one attached hydrogen (secondary N) is 2. The van der Waals surface area contributed by atoms with Crippen molar-refractivity contribution in [1.29, 1.82) is 0 Å². The number of benzene rings is 2. The zero-order valence-electron chi connectivity index (χ0n) is 12.5. The van der Waals surface area contributed by atoms with Crippen molar-refractivity contribution in [3.63, 3.8) is 0 Å². The lowest BCUT2D eigenvalue weighted by Gasteiger charge is -2.13. The molecule has 3 aromatic rings. The molecule has 128 valence electrons. The van der Waals surface area contributed by atoms with Gasteiger partial charge < -0.3 is 16.4 Å². The van der Waals surface area contributed by atoms with Crippen molar-refractivity contribution in [1.82, 2.24) is 9.97 Å². The molecule has 0 fully saturated rings. The first kappa shape index (κ1) is 17.2. The molecule has 25 heavy (non-hydrogen) atoms. The van der Waals surface area contributed by atoms with Crippen LogP contribution in [0.25, 0.3) is 0 Å². The number of anilines is 5. The van der Waals surface area contributed by atoms with E-state index < -0.39 is 11.6 Å². The summed E-state index contributed by atoms with van der Waals surface area (Å²) in [6, 6.07) is 7.99. The summed E-state index contributed by atoms with van der Waals surface area (Å²) >= 11 is 11.9. The maximum absolute atomic E-state index is 13.8. The van der Waals surface area contributed by atoms with Crippen molar-refractivity contribution >= 4 is 51.9 Å². The molecule has 0 aliphatic rings. The van der Waals surface area contributed by atoms with Gasteiger partial charge in [-0.25, -0.2) is 18.7 Å². The minimum absolute atomic E-state index is 0.0311. The van der Waals surface area contributed by atoms with E-state index >= 15 is 0 Å². The zero-order chi connectivity index (χ0) is 18.0. The zero-order valence-corrected chi connectivity index (χ0v) is 14.0. The topological polar surface area (TPSA) is 75.9 Å². The summed E-state index contributed by atoms with van der Waals surface area (Å²) in [5, 5.41) is 6.55. The molecule has 0 saturated carbocycles. The molecular weight excluding hydrogens is 371 g/mol. The molecule has 2 aromatic carbocycles. The molecule has 0 aliphatic heterocycles. The number of nitrogens with zero attached hydrogens (tertiary/aromatic N) is 2. The smallest absolute Gasteiger partial charge is 0.159 e. The molecule has 0 amide bonds. The fourth-order valence-electron chi connectivity index (χ4n) is 2.08. The summed E-state index contributed by atoms with van der Waals surface area (Å²) in [5.41, 5.74) is 6.77. The maximum atomic E-state index is 13.8. The molecule has 1 aromatic heterocycles. The van der Waals surface area contributed by atoms with Crippen LogP contribution in [0.4, 0.5) is 37.5 Å². The van der Waals surface area contributed by atoms with Crippen LogP contribution in [-0.4, -0.2) is 9.97 Å². The van der Waals surface area contributed by atoms with E-state index in [-0.39, 0.29) is 23.0 Å². The van der Waals surface area contributed by atoms with Crippen LogP contribution in [0.15, 0.2) is 42.7 Å². The Morgan fingerprint density at radius 3 is 2.16 bits per heavy atom. The fraction of sp³-hybridized carbons (Fsp3) is 0. The lowest BCUT2D eigenvalue weighted by Crippen LogP contribution is -2.06. The average Bonchev–Trinajstić information content (AvgIpc) is 2.52. The predicted molar refractivity (Wildman–Crippen MR) is 95.8 cm³/mol. The van der Waals surface area contributed by atoms with Gasteiger partial charge in [0.05, 0.1) is 5.69 Å². The van der Waals surface area contributed by atoms with Gasteiger partial charge in [0, 0.05) is 21.8 Å². The molecule has 4 N–H and O–H groups in total. The van der Waals surface area contributed by atoms with Crippen molar-refractivity contribution < 1.29 is 8.78 Å². The number of hydrogen-bond donors (Lipinski definition) is 3. The van der Waals surface area contributed by atoms with Crippen LogP contribution < -0.4 is 16.4 Å². The van der Waals surface area contributed by atoms with Gasteiger partial charge in [0.1, 0.15) is 23.6 Å². The van der Waals surface area contributed by atoms with Crippen molar-refractivity contribution in [2.24, 2.45) is 0 Å². The van der Waals surface area contributed by atoms with Gasteiger partial charge in [-0.3, -0.25) is 0 Å². The van der Waals surface area contributed by atoms with Gasteiger partial charge in [0.15, 0.2) is 11.6 Å².